The monoisotopic (exact) mass is 415 g/mol. The van der Waals surface area contributed by atoms with Crippen molar-refractivity contribution < 1.29 is 9.53 Å². The van der Waals surface area contributed by atoms with Crippen LogP contribution in [-0.2, 0) is 17.6 Å². The van der Waals surface area contributed by atoms with E-state index < -0.39 is 5.60 Å². The van der Waals surface area contributed by atoms with Gasteiger partial charge in [-0.3, -0.25) is 4.90 Å². The van der Waals surface area contributed by atoms with Gasteiger partial charge in [0.2, 0.25) is 0 Å². The van der Waals surface area contributed by atoms with E-state index in [1.54, 1.807) is 0 Å². The third-order valence-electron chi connectivity index (χ3n) is 4.62. The third-order valence-corrected chi connectivity index (χ3v) is 5.11. The summed E-state index contributed by atoms with van der Waals surface area (Å²) in [7, 11) is 0. The summed E-state index contributed by atoms with van der Waals surface area (Å²) in [4.78, 5) is 14.9. The van der Waals surface area contributed by atoms with Gasteiger partial charge < -0.3 is 4.74 Å². The predicted octanol–water partition coefficient (Wildman–Crippen LogP) is 6.14. The van der Waals surface area contributed by atoms with Gasteiger partial charge in [-0.2, -0.15) is 0 Å². The molecular weight excluding hydrogens is 390 g/mol. The summed E-state index contributed by atoms with van der Waals surface area (Å²) >= 11 is 3.55. The number of carbonyl (C=O) groups excluding carboxylic acids is 1. The molecule has 3 rings (SSSR count). The van der Waals surface area contributed by atoms with Crippen LogP contribution in [0.15, 0.2) is 53.0 Å². The second-order valence-electron chi connectivity index (χ2n) is 7.84. The zero-order valence-electron chi connectivity index (χ0n) is 15.7. The number of amides is 1. The summed E-state index contributed by atoms with van der Waals surface area (Å²) in [5.41, 5.74) is 2.97. The Morgan fingerprint density at radius 1 is 1.19 bits per heavy atom. The van der Waals surface area contributed by atoms with E-state index in [0.717, 1.165) is 35.8 Å². The number of fused-ring (bicyclic) bond motifs is 1. The van der Waals surface area contributed by atoms with Crippen molar-refractivity contribution in [1.29, 1.82) is 0 Å². The highest BCUT2D eigenvalue weighted by molar-refractivity contribution is 9.10. The molecule has 4 heteroatoms. The van der Waals surface area contributed by atoms with Gasteiger partial charge in [0.1, 0.15) is 5.60 Å². The van der Waals surface area contributed by atoms with E-state index in [1.165, 1.54) is 11.1 Å². The van der Waals surface area contributed by atoms with Crippen LogP contribution >= 0.6 is 15.9 Å². The summed E-state index contributed by atoms with van der Waals surface area (Å²) < 4.78 is 6.71. The van der Waals surface area contributed by atoms with Crippen LogP contribution in [-0.4, -0.2) is 17.7 Å². The van der Waals surface area contributed by atoms with E-state index in [9.17, 15) is 4.79 Å². The maximum atomic E-state index is 13.0. The van der Waals surface area contributed by atoms with Crippen LogP contribution in [0.4, 0.5) is 10.5 Å². The van der Waals surface area contributed by atoms with Crippen LogP contribution < -0.4 is 4.90 Å². The summed E-state index contributed by atoms with van der Waals surface area (Å²) in [6, 6.07) is 16.8. The van der Waals surface area contributed by atoms with E-state index in [0.29, 0.717) is 0 Å². The summed E-state index contributed by atoms with van der Waals surface area (Å²) in [6.45, 7) is 5.74. The molecule has 0 spiro atoms. The Balaban J connectivity index is 1.86. The lowest BCUT2D eigenvalue weighted by Crippen LogP contribution is -2.46. The van der Waals surface area contributed by atoms with E-state index in [1.807, 2.05) is 43.9 Å². The minimum Gasteiger partial charge on any atom is -0.443 e. The number of aryl methyl sites for hydroxylation is 2. The zero-order chi connectivity index (χ0) is 18.7. The Morgan fingerprint density at radius 3 is 2.62 bits per heavy atom. The molecule has 0 saturated heterocycles. The summed E-state index contributed by atoms with van der Waals surface area (Å²) in [5.74, 6) is 0. The molecule has 1 aliphatic heterocycles. The average molecular weight is 416 g/mol. The van der Waals surface area contributed by atoms with Crippen molar-refractivity contribution in [3.8, 4) is 0 Å². The normalized spacial score (nSPS) is 16.9. The van der Waals surface area contributed by atoms with Gasteiger partial charge in [0.25, 0.3) is 0 Å². The molecule has 0 bridgehead atoms. The summed E-state index contributed by atoms with van der Waals surface area (Å²) in [6.07, 6.45) is 3.57. The Morgan fingerprint density at radius 2 is 1.92 bits per heavy atom. The molecular formula is C22H26BrNO2. The Hall–Kier alpha value is -1.81. The molecule has 1 unspecified atom stereocenters. The standard InChI is InChI=1S/C22H26BrNO2/c1-22(2,3)26-21(25)24-19(13-9-16-7-5-4-6-8-16)14-11-17-10-12-18(23)15-20(17)24/h4-8,10,12,15,19H,9,11,13-14H2,1-3H3. The van der Waals surface area contributed by atoms with Crippen LogP contribution in [0.3, 0.4) is 0 Å². The molecule has 1 heterocycles. The number of halogens is 1. The average Bonchev–Trinajstić information content (AvgIpc) is 2.58. The number of anilines is 1. The van der Waals surface area contributed by atoms with Crippen molar-refractivity contribution in [3.63, 3.8) is 0 Å². The van der Waals surface area contributed by atoms with Crippen LogP contribution in [0.5, 0.6) is 0 Å². The maximum absolute atomic E-state index is 13.0. The largest absolute Gasteiger partial charge is 0.443 e. The van der Waals surface area contributed by atoms with E-state index >= 15 is 0 Å². The van der Waals surface area contributed by atoms with Crippen molar-refractivity contribution in [1.82, 2.24) is 0 Å². The van der Waals surface area contributed by atoms with Gasteiger partial charge in [0, 0.05) is 10.5 Å². The van der Waals surface area contributed by atoms with Crippen LogP contribution in [0, 0.1) is 0 Å². The lowest BCUT2D eigenvalue weighted by Gasteiger charge is -2.38. The van der Waals surface area contributed by atoms with Gasteiger partial charge in [-0.25, -0.2) is 4.79 Å². The van der Waals surface area contributed by atoms with E-state index in [4.69, 9.17) is 4.74 Å². The van der Waals surface area contributed by atoms with Crippen molar-refractivity contribution in [2.24, 2.45) is 0 Å². The topological polar surface area (TPSA) is 29.5 Å². The second kappa shape index (κ2) is 7.83. The molecule has 1 amide bonds. The first-order valence-electron chi connectivity index (χ1n) is 9.18. The molecule has 138 valence electrons. The third kappa shape index (κ3) is 4.67. The highest BCUT2D eigenvalue weighted by Gasteiger charge is 2.34. The first-order chi connectivity index (χ1) is 12.3. The molecule has 0 radical (unpaired) electrons. The van der Waals surface area contributed by atoms with Gasteiger partial charge >= 0.3 is 6.09 Å². The highest BCUT2D eigenvalue weighted by atomic mass is 79.9. The lowest BCUT2D eigenvalue weighted by atomic mass is 9.92. The summed E-state index contributed by atoms with van der Waals surface area (Å²) in [5, 5.41) is 0. The lowest BCUT2D eigenvalue weighted by molar-refractivity contribution is 0.0558. The Bertz CT molecular complexity index is 767. The molecule has 2 aromatic carbocycles. The fourth-order valence-corrected chi connectivity index (χ4v) is 3.78. The first kappa shape index (κ1) is 19.0. The maximum Gasteiger partial charge on any atom is 0.415 e. The molecule has 0 N–H and O–H groups in total. The van der Waals surface area contributed by atoms with E-state index in [-0.39, 0.29) is 12.1 Å². The SMILES string of the molecule is CC(C)(C)OC(=O)N1c2cc(Br)ccc2CCC1CCc1ccccc1. The van der Waals surface area contributed by atoms with Crippen LogP contribution in [0.1, 0.15) is 44.7 Å². The molecule has 0 aliphatic carbocycles. The molecule has 1 aliphatic rings. The van der Waals surface area contributed by atoms with Crippen LogP contribution in [0.2, 0.25) is 0 Å². The Kier molecular flexibility index (Phi) is 5.71. The predicted molar refractivity (Wildman–Crippen MR) is 110 cm³/mol. The molecule has 1 atom stereocenters. The highest BCUT2D eigenvalue weighted by Crippen LogP contribution is 2.35. The minimum absolute atomic E-state index is 0.145. The second-order valence-corrected chi connectivity index (χ2v) is 8.76. The molecule has 0 fully saturated rings. The van der Waals surface area contributed by atoms with Gasteiger partial charge in [-0.05, 0) is 69.7 Å². The number of benzene rings is 2. The quantitative estimate of drug-likeness (QED) is 0.602. The van der Waals surface area contributed by atoms with Gasteiger partial charge in [0.15, 0.2) is 0 Å². The van der Waals surface area contributed by atoms with Crippen molar-refractivity contribution in [3.05, 3.63) is 64.1 Å². The molecule has 3 nitrogen and oxygen atoms in total. The minimum atomic E-state index is -0.509. The van der Waals surface area contributed by atoms with Gasteiger partial charge in [-0.15, -0.1) is 0 Å². The molecule has 2 aromatic rings. The van der Waals surface area contributed by atoms with Gasteiger partial charge in [0.05, 0.1) is 5.69 Å². The number of nitrogens with zero attached hydrogens (tertiary/aromatic N) is 1. The fraction of sp³-hybridized carbons (Fsp3) is 0.409. The van der Waals surface area contributed by atoms with Crippen LogP contribution in [0.25, 0.3) is 0 Å². The molecule has 26 heavy (non-hydrogen) atoms. The first-order valence-corrected chi connectivity index (χ1v) is 9.97. The molecule has 0 saturated carbocycles. The van der Waals surface area contributed by atoms with E-state index in [2.05, 4.69) is 46.3 Å². The van der Waals surface area contributed by atoms with Gasteiger partial charge in [-0.1, -0.05) is 52.3 Å². The molecule has 0 aromatic heterocycles. The van der Waals surface area contributed by atoms with Crippen molar-refractivity contribution in [2.75, 3.05) is 4.90 Å². The zero-order valence-corrected chi connectivity index (χ0v) is 17.3. The number of hydrogen-bond donors (Lipinski definition) is 0. The number of carbonyl (C=O) groups is 1. The van der Waals surface area contributed by atoms with Crippen molar-refractivity contribution in [2.45, 2.75) is 58.1 Å². The fourth-order valence-electron chi connectivity index (χ4n) is 3.43. The number of rotatable bonds is 3. The number of hydrogen-bond acceptors (Lipinski definition) is 2. The Labute approximate surface area is 164 Å². The van der Waals surface area contributed by atoms with Crippen molar-refractivity contribution >= 4 is 27.7 Å². The number of ether oxygens (including phenoxy) is 1. The smallest absolute Gasteiger partial charge is 0.415 e.